The molecule has 0 bridgehead atoms. The monoisotopic (exact) mass is 327 g/mol. The van der Waals surface area contributed by atoms with Gasteiger partial charge < -0.3 is 5.73 Å². The summed E-state index contributed by atoms with van der Waals surface area (Å²) in [5.41, 5.74) is 8.23. The second kappa shape index (κ2) is 6.52. The number of hydrogen-bond acceptors (Lipinski definition) is 3. The van der Waals surface area contributed by atoms with Gasteiger partial charge in [-0.05, 0) is 43.7 Å². The second-order valence-electron chi connectivity index (χ2n) is 5.51. The highest BCUT2D eigenvalue weighted by atomic mass is 35.5. The van der Waals surface area contributed by atoms with Gasteiger partial charge in [-0.25, -0.2) is 4.98 Å². The van der Waals surface area contributed by atoms with Crippen LogP contribution in [0.2, 0.25) is 5.02 Å². The van der Waals surface area contributed by atoms with Gasteiger partial charge in [0.05, 0.1) is 10.9 Å². The molecule has 1 heterocycles. The van der Waals surface area contributed by atoms with Crippen molar-refractivity contribution in [2.45, 2.75) is 19.9 Å². The third kappa shape index (κ3) is 3.00. The third-order valence-electron chi connectivity index (χ3n) is 3.89. The van der Waals surface area contributed by atoms with Crippen molar-refractivity contribution < 1.29 is 0 Å². The van der Waals surface area contributed by atoms with Crippen LogP contribution >= 0.6 is 11.6 Å². The molecule has 23 heavy (non-hydrogen) atoms. The van der Waals surface area contributed by atoms with Gasteiger partial charge in [0.25, 0.3) is 5.56 Å². The summed E-state index contributed by atoms with van der Waals surface area (Å²) in [5, 5.41) is 1.07. The van der Waals surface area contributed by atoms with E-state index in [9.17, 15) is 4.79 Å². The van der Waals surface area contributed by atoms with Crippen molar-refractivity contribution in [1.82, 2.24) is 9.55 Å². The molecule has 2 aromatic carbocycles. The number of aryl methyl sites for hydroxylation is 1. The Morgan fingerprint density at radius 2 is 2.00 bits per heavy atom. The Bertz CT molecular complexity index is 918. The topological polar surface area (TPSA) is 60.9 Å². The second-order valence-corrected chi connectivity index (χ2v) is 5.95. The van der Waals surface area contributed by atoms with Crippen LogP contribution < -0.4 is 11.3 Å². The molecule has 0 fully saturated rings. The summed E-state index contributed by atoms with van der Waals surface area (Å²) < 4.78 is 1.70. The van der Waals surface area contributed by atoms with E-state index >= 15 is 0 Å². The first-order chi connectivity index (χ1) is 11.1. The Balaban J connectivity index is 2.33. The van der Waals surface area contributed by atoms with Crippen LogP contribution in [0.1, 0.15) is 12.0 Å². The van der Waals surface area contributed by atoms with Gasteiger partial charge >= 0.3 is 0 Å². The lowest BCUT2D eigenvalue weighted by molar-refractivity contribution is 0.631. The molecule has 3 rings (SSSR count). The summed E-state index contributed by atoms with van der Waals surface area (Å²) in [6, 6.07) is 13.1. The predicted molar refractivity (Wildman–Crippen MR) is 94.9 cm³/mol. The average molecular weight is 328 g/mol. The first-order valence-corrected chi connectivity index (χ1v) is 7.96. The molecule has 4 nitrogen and oxygen atoms in total. The molecule has 0 amide bonds. The van der Waals surface area contributed by atoms with Crippen LogP contribution in [0.15, 0.2) is 47.3 Å². The number of aromatic nitrogens is 2. The van der Waals surface area contributed by atoms with Gasteiger partial charge in [0, 0.05) is 17.1 Å². The molecule has 0 saturated carbocycles. The summed E-state index contributed by atoms with van der Waals surface area (Å²) in [7, 11) is 0. The maximum Gasteiger partial charge on any atom is 0.261 e. The average Bonchev–Trinajstić information content (AvgIpc) is 2.55. The number of halogens is 1. The molecule has 2 N–H and O–H groups in total. The van der Waals surface area contributed by atoms with Gasteiger partial charge in [-0.1, -0.05) is 35.9 Å². The third-order valence-corrected chi connectivity index (χ3v) is 4.12. The molecule has 3 aromatic rings. The maximum absolute atomic E-state index is 12.9. The zero-order chi connectivity index (χ0) is 16.4. The summed E-state index contributed by atoms with van der Waals surface area (Å²) in [5.74, 6) is 0.677. The summed E-state index contributed by atoms with van der Waals surface area (Å²) >= 11 is 6.03. The molecule has 0 spiro atoms. The Labute approximate surface area is 139 Å². The Hall–Kier alpha value is -2.17. The first kappa shape index (κ1) is 15.7. The molecule has 0 atom stereocenters. The van der Waals surface area contributed by atoms with E-state index in [1.165, 1.54) is 0 Å². The van der Waals surface area contributed by atoms with Crippen LogP contribution in [0.25, 0.3) is 22.3 Å². The summed E-state index contributed by atoms with van der Waals surface area (Å²) in [6.45, 7) is 3.07. The minimum absolute atomic E-state index is 0.0794. The Morgan fingerprint density at radius 3 is 2.74 bits per heavy atom. The molecule has 0 radical (unpaired) electrons. The van der Waals surface area contributed by atoms with Crippen LogP contribution in [0.4, 0.5) is 0 Å². The molecule has 0 aliphatic carbocycles. The van der Waals surface area contributed by atoms with E-state index in [2.05, 4.69) is 0 Å². The van der Waals surface area contributed by atoms with Gasteiger partial charge in [0.1, 0.15) is 5.82 Å². The number of nitrogens with zero attached hydrogens (tertiary/aromatic N) is 2. The molecular formula is C18H18ClN3O. The van der Waals surface area contributed by atoms with Crippen LogP contribution in [-0.2, 0) is 6.54 Å². The first-order valence-electron chi connectivity index (χ1n) is 7.58. The smallest absolute Gasteiger partial charge is 0.261 e. The van der Waals surface area contributed by atoms with Crippen LogP contribution in [-0.4, -0.2) is 16.1 Å². The van der Waals surface area contributed by atoms with Crippen LogP contribution in [0.3, 0.4) is 0 Å². The van der Waals surface area contributed by atoms with Crippen molar-refractivity contribution in [3.05, 3.63) is 63.4 Å². The zero-order valence-electron chi connectivity index (χ0n) is 12.9. The minimum Gasteiger partial charge on any atom is -0.330 e. The van der Waals surface area contributed by atoms with Gasteiger partial charge in [0.15, 0.2) is 0 Å². The molecule has 118 valence electrons. The van der Waals surface area contributed by atoms with Crippen molar-refractivity contribution in [3.63, 3.8) is 0 Å². The Morgan fingerprint density at radius 1 is 1.22 bits per heavy atom. The van der Waals surface area contributed by atoms with Gasteiger partial charge in [-0.2, -0.15) is 0 Å². The quantitative estimate of drug-likeness (QED) is 0.799. The van der Waals surface area contributed by atoms with Gasteiger partial charge in [0.2, 0.25) is 0 Å². The number of rotatable bonds is 4. The summed E-state index contributed by atoms with van der Waals surface area (Å²) in [4.78, 5) is 17.6. The largest absolute Gasteiger partial charge is 0.330 e. The van der Waals surface area contributed by atoms with E-state index in [1.807, 2.05) is 31.2 Å². The molecule has 5 heteroatoms. The normalized spacial score (nSPS) is 11.1. The highest BCUT2D eigenvalue weighted by Crippen LogP contribution is 2.23. The van der Waals surface area contributed by atoms with Gasteiger partial charge in [-0.15, -0.1) is 0 Å². The minimum atomic E-state index is -0.0794. The SMILES string of the molecule is Cc1ccccc1-c1nc2ccc(Cl)cc2c(=O)n1CCCN. The number of nitrogens with two attached hydrogens (primary N) is 1. The van der Waals surface area contributed by atoms with Crippen molar-refractivity contribution in [3.8, 4) is 11.4 Å². The van der Waals surface area contributed by atoms with Crippen molar-refractivity contribution >= 4 is 22.5 Å². The molecule has 0 saturated heterocycles. The fourth-order valence-corrected chi connectivity index (χ4v) is 2.85. The molecular weight excluding hydrogens is 310 g/mol. The van der Waals surface area contributed by atoms with Crippen molar-refractivity contribution in [2.24, 2.45) is 5.73 Å². The van der Waals surface area contributed by atoms with E-state index in [0.29, 0.717) is 41.3 Å². The van der Waals surface area contributed by atoms with E-state index in [-0.39, 0.29) is 5.56 Å². The lowest BCUT2D eigenvalue weighted by atomic mass is 10.1. The molecule has 1 aromatic heterocycles. The van der Waals surface area contributed by atoms with E-state index in [4.69, 9.17) is 22.3 Å². The lowest BCUT2D eigenvalue weighted by Crippen LogP contribution is -2.25. The highest BCUT2D eigenvalue weighted by Gasteiger charge is 2.14. The van der Waals surface area contributed by atoms with E-state index in [0.717, 1.165) is 11.1 Å². The number of fused-ring (bicyclic) bond motifs is 1. The van der Waals surface area contributed by atoms with Crippen molar-refractivity contribution in [1.29, 1.82) is 0 Å². The molecule has 0 aliphatic heterocycles. The molecule has 0 unspecified atom stereocenters. The zero-order valence-corrected chi connectivity index (χ0v) is 13.7. The van der Waals surface area contributed by atoms with Gasteiger partial charge in [-0.3, -0.25) is 9.36 Å². The lowest BCUT2D eigenvalue weighted by Gasteiger charge is -2.15. The standard InChI is InChI=1S/C18H18ClN3O/c1-12-5-2-3-6-14(12)17-21-16-8-7-13(19)11-15(16)18(23)22(17)10-4-9-20/h2-3,5-8,11H,4,9-10,20H2,1H3. The Kier molecular flexibility index (Phi) is 4.46. The number of hydrogen-bond donors (Lipinski definition) is 1. The van der Waals surface area contributed by atoms with E-state index < -0.39 is 0 Å². The highest BCUT2D eigenvalue weighted by molar-refractivity contribution is 6.31. The molecule has 0 aliphatic rings. The fraction of sp³-hybridized carbons (Fsp3) is 0.222. The van der Waals surface area contributed by atoms with Crippen molar-refractivity contribution in [2.75, 3.05) is 6.54 Å². The van der Waals surface area contributed by atoms with Crippen LogP contribution in [0, 0.1) is 6.92 Å². The van der Waals surface area contributed by atoms with Crippen LogP contribution in [0.5, 0.6) is 0 Å². The predicted octanol–water partition coefficient (Wildman–Crippen LogP) is 3.37. The fourth-order valence-electron chi connectivity index (χ4n) is 2.68. The number of benzene rings is 2. The van der Waals surface area contributed by atoms with E-state index in [1.54, 1.807) is 22.8 Å². The maximum atomic E-state index is 12.9. The summed E-state index contributed by atoms with van der Waals surface area (Å²) in [6.07, 6.45) is 0.715.